The number of hydrogen-bond acceptors (Lipinski definition) is 3. The van der Waals surface area contributed by atoms with Crippen molar-refractivity contribution in [2.45, 2.75) is 11.7 Å². The second-order valence-electron chi connectivity index (χ2n) is 5.58. The molecule has 1 heterocycles. The van der Waals surface area contributed by atoms with Crippen molar-refractivity contribution < 1.29 is 9.53 Å². The number of amides is 2. The summed E-state index contributed by atoms with van der Waals surface area (Å²) >= 11 is 7.74. The van der Waals surface area contributed by atoms with Crippen LogP contribution in [-0.4, -0.2) is 50.5 Å². The molecule has 0 aromatic heterocycles. The lowest BCUT2D eigenvalue weighted by atomic mass is 10.1. The Balaban J connectivity index is 1.82. The van der Waals surface area contributed by atoms with Crippen molar-refractivity contribution in [2.24, 2.45) is 5.92 Å². The van der Waals surface area contributed by atoms with Gasteiger partial charge in [-0.1, -0.05) is 23.7 Å². The van der Waals surface area contributed by atoms with E-state index in [2.05, 4.69) is 5.32 Å². The van der Waals surface area contributed by atoms with Gasteiger partial charge in [-0.15, -0.1) is 0 Å². The summed E-state index contributed by atoms with van der Waals surface area (Å²) < 4.78 is 5.35. The first-order valence-electron chi connectivity index (χ1n) is 7.45. The molecule has 0 bridgehead atoms. The van der Waals surface area contributed by atoms with Gasteiger partial charge in [-0.25, -0.2) is 4.79 Å². The average Bonchev–Trinajstić information content (AvgIpc) is 3.00. The Bertz CT molecular complexity index is 495. The average molecular weight is 343 g/mol. The van der Waals surface area contributed by atoms with E-state index in [0.29, 0.717) is 12.5 Å². The highest BCUT2D eigenvalue weighted by atomic mass is 35.5. The zero-order chi connectivity index (χ0) is 15.9. The van der Waals surface area contributed by atoms with E-state index in [-0.39, 0.29) is 11.3 Å². The monoisotopic (exact) mass is 342 g/mol. The van der Waals surface area contributed by atoms with Gasteiger partial charge in [0.25, 0.3) is 0 Å². The summed E-state index contributed by atoms with van der Waals surface area (Å²) in [6, 6.07) is 7.76. The fourth-order valence-corrected chi connectivity index (χ4v) is 3.42. The van der Waals surface area contributed by atoms with Gasteiger partial charge in [-0.2, -0.15) is 11.8 Å². The molecule has 2 rings (SSSR count). The molecule has 22 heavy (non-hydrogen) atoms. The Morgan fingerprint density at radius 1 is 1.59 bits per heavy atom. The number of halogens is 1. The molecule has 2 unspecified atom stereocenters. The van der Waals surface area contributed by atoms with Gasteiger partial charge in [0.1, 0.15) is 0 Å². The maximum Gasteiger partial charge on any atom is 0.317 e. The van der Waals surface area contributed by atoms with Crippen molar-refractivity contribution in [3.8, 4) is 0 Å². The molecule has 0 aliphatic carbocycles. The van der Waals surface area contributed by atoms with E-state index < -0.39 is 0 Å². The van der Waals surface area contributed by atoms with Gasteiger partial charge in [0, 0.05) is 42.9 Å². The number of benzene rings is 1. The summed E-state index contributed by atoms with van der Waals surface area (Å²) in [7, 11) is 1.83. The Morgan fingerprint density at radius 2 is 2.41 bits per heavy atom. The van der Waals surface area contributed by atoms with E-state index in [1.54, 1.807) is 16.7 Å². The summed E-state index contributed by atoms with van der Waals surface area (Å²) in [5.74, 6) is 0.458. The number of nitrogens with one attached hydrogen (secondary N) is 1. The molecular weight excluding hydrogens is 320 g/mol. The van der Waals surface area contributed by atoms with Crippen LogP contribution in [0.1, 0.15) is 17.2 Å². The first-order chi connectivity index (χ1) is 10.6. The third-order valence-electron chi connectivity index (χ3n) is 3.85. The molecule has 1 aromatic carbocycles. The molecule has 1 saturated heterocycles. The van der Waals surface area contributed by atoms with Gasteiger partial charge in [0.05, 0.1) is 6.61 Å². The smallest absolute Gasteiger partial charge is 0.317 e. The maximum atomic E-state index is 12.2. The highest BCUT2D eigenvalue weighted by Gasteiger charge is 2.20. The Hall–Kier alpha value is -0.910. The van der Waals surface area contributed by atoms with E-state index in [0.717, 1.165) is 36.8 Å². The minimum atomic E-state index is -0.0343. The molecule has 1 fully saturated rings. The molecule has 2 atom stereocenters. The van der Waals surface area contributed by atoms with Crippen LogP contribution in [0.3, 0.4) is 0 Å². The Labute approximate surface area is 141 Å². The topological polar surface area (TPSA) is 41.6 Å². The van der Waals surface area contributed by atoms with Crippen molar-refractivity contribution in [2.75, 3.05) is 39.6 Å². The van der Waals surface area contributed by atoms with Gasteiger partial charge in [0.2, 0.25) is 0 Å². The van der Waals surface area contributed by atoms with Crippen LogP contribution in [0.15, 0.2) is 24.3 Å². The third-order valence-corrected chi connectivity index (χ3v) is 5.09. The predicted molar refractivity (Wildman–Crippen MR) is 92.7 cm³/mol. The molecule has 0 radical (unpaired) electrons. The molecule has 0 saturated carbocycles. The zero-order valence-electron chi connectivity index (χ0n) is 13.0. The van der Waals surface area contributed by atoms with Crippen LogP contribution in [0.25, 0.3) is 0 Å². The third kappa shape index (κ3) is 5.07. The minimum Gasteiger partial charge on any atom is -0.381 e. The molecule has 2 amide bonds. The van der Waals surface area contributed by atoms with Crippen molar-refractivity contribution in [1.29, 1.82) is 0 Å². The lowest BCUT2D eigenvalue weighted by Gasteiger charge is -2.23. The van der Waals surface area contributed by atoms with Gasteiger partial charge >= 0.3 is 6.03 Å². The largest absolute Gasteiger partial charge is 0.381 e. The zero-order valence-corrected chi connectivity index (χ0v) is 14.6. The van der Waals surface area contributed by atoms with Crippen LogP contribution >= 0.6 is 23.4 Å². The SMILES string of the molecule is CSC(CNC(=O)N(C)CC1CCOC1)c1cccc(Cl)c1. The van der Waals surface area contributed by atoms with E-state index in [4.69, 9.17) is 16.3 Å². The number of carbonyl (C=O) groups is 1. The molecule has 1 aliphatic heterocycles. The number of hydrogen-bond donors (Lipinski definition) is 1. The summed E-state index contributed by atoms with van der Waals surface area (Å²) in [6.07, 6.45) is 3.07. The van der Waals surface area contributed by atoms with E-state index >= 15 is 0 Å². The van der Waals surface area contributed by atoms with Crippen LogP contribution in [0.4, 0.5) is 4.79 Å². The molecule has 1 N–H and O–H groups in total. The van der Waals surface area contributed by atoms with Gasteiger partial charge < -0.3 is 15.0 Å². The first kappa shape index (κ1) is 17.4. The predicted octanol–water partition coefficient (Wildman–Crippen LogP) is 3.42. The summed E-state index contributed by atoms with van der Waals surface area (Å²) in [6.45, 7) is 2.90. The highest BCUT2D eigenvalue weighted by Crippen LogP contribution is 2.27. The quantitative estimate of drug-likeness (QED) is 0.861. The van der Waals surface area contributed by atoms with E-state index in [1.165, 1.54) is 0 Å². The number of thioether (sulfide) groups is 1. The number of rotatable bonds is 6. The Morgan fingerprint density at radius 3 is 3.05 bits per heavy atom. The molecule has 0 spiro atoms. The van der Waals surface area contributed by atoms with Crippen LogP contribution < -0.4 is 5.32 Å². The Kier molecular flexibility index (Phi) is 6.86. The fraction of sp³-hybridized carbons (Fsp3) is 0.562. The molecule has 4 nitrogen and oxygen atoms in total. The van der Waals surface area contributed by atoms with Crippen LogP contribution in [0.2, 0.25) is 5.02 Å². The van der Waals surface area contributed by atoms with Crippen molar-refractivity contribution in [1.82, 2.24) is 10.2 Å². The summed E-state index contributed by atoms with van der Waals surface area (Å²) in [5, 5.41) is 3.93. The summed E-state index contributed by atoms with van der Waals surface area (Å²) in [5.41, 5.74) is 1.13. The summed E-state index contributed by atoms with van der Waals surface area (Å²) in [4.78, 5) is 13.9. The van der Waals surface area contributed by atoms with Crippen molar-refractivity contribution >= 4 is 29.4 Å². The number of carbonyl (C=O) groups excluding carboxylic acids is 1. The lowest BCUT2D eigenvalue weighted by molar-refractivity contribution is 0.171. The normalized spacial score (nSPS) is 19.0. The first-order valence-corrected chi connectivity index (χ1v) is 9.11. The van der Waals surface area contributed by atoms with Gasteiger partial charge in [-0.3, -0.25) is 0 Å². The second-order valence-corrected chi connectivity index (χ2v) is 7.05. The standard InChI is InChI=1S/C16H23ClN2O2S/c1-19(10-12-6-7-21-11-12)16(20)18-9-15(22-2)13-4-3-5-14(17)8-13/h3-5,8,12,15H,6-7,9-11H2,1-2H3,(H,18,20). The van der Waals surface area contributed by atoms with Crippen molar-refractivity contribution in [3.05, 3.63) is 34.9 Å². The fourth-order valence-electron chi connectivity index (χ4n) is 2.56. The number of ether oxygens (including phenoxy) is 1. The minimum absolute atomic E-state index is 0.0343. The number of urea groups is 1. The van der Waals surface area contributed by atoms with Crippen molar-refractivity contribution in [3.63, 3.8) is 0 Å². The van der Waals surface area contributed by atoms with Crippen LogP contribution in [0.5, 0.6) is 0 Å². The second kappa shape index (κ2) is 8.65. The molecule has 1 aromatic rings. The van der Waals surface area contributed by atoms with E-state index in [9.17, 15) is 4.79 Å². The van der Waals surface area contributed by atoms with Crippen LogP contribution in [0, 0.1) is 5.92 Å². The molecule has 1 aliphatic rings. The van der Waals surface area contributed by atoms with Gasteiger partial charge in [0.15, 0.2) is 0 Å². The van der Waals surface area contributed by atoms with Gasteiger partial charge in [-0.05, 0) is 30.4 Å². The lowest BCUT2D eigenvalue weighted by Crippen LogP contribution is -2.41. The molecule has 6 heteroatoms. The van der Waals surface area contributed by atoms with E-state index in [1.807, 2.05) is 37.6 Å². The maximum absolute atomic E-state index is 12.2. The van der Waals surface area contributed by atoms with Crippen LogP contribution in [-0.2, 0) is 4.74 Å². The number of nitrogens with zero attached hydrogens (tertiary/aromatic N) is 1. The highest BCUT2D eigenvalue weighted by molar-refractivity contribution is 7.98. The molecule has 122 valence electrons. The molecular formula is C16H23ClN2O2S.